The third-order valence-corrected chi connectivity index (χ3v) is 9.79. The van der Waals surface area contributed by atoms with Gasteiger partial charge in [-0.05, 0) is 56.6 Å². The first-order valence-electron chi connectivity index (χ1n) is 14.5. The molecule has 208 valence electrons. The molecule has 6 saturated carbocycles. The minimum Gasteiger partial charge on any atom is -0.390 e. The Hall–Kier alpha value is -3.36. The highest BCUT2D eigenvalue weighted by atomic mass is 16.5. The SMILES string of the molecule is CCOC12CC(C(=O)N3N=CCC3c3ccccc3)(C1)C2.O=C(N1N=CCC1c1ccccc1)C12CC(O)(C1)C2. The molecule has 8 heteroatoms. The maximum atomic E-state index is 12.9. The molecule has 0 spiro atoms. The van der Waals surface area contributed by atoms with Crippen molar-refractivity contribution in [3.05, 3.63) is 71.8 Å². The number of nitrogens with zero attached hydrogens (tertiary/aromatic N) is 4. The third kappa shape index (κ3) is 3.87. The second-order valence-electron chi connectivity index (χ2n) is 12.7. The van der Waals surface area contributed by atoms with Crippen molar-refractivity contribution in [1.29, 1.82) is 0 Å². The molecule has 6 fully saturated rings. The van der Waals surface area contributed by atoms with Gasteiger partial charge in [-0.15, -0.1) is 0 Å². The maximum Gasteiger partial charge on any atom is 0.249 e. The van der Waals surface area contributed by atoms with E-state index in [-0.39, 0.29) is 40.3 Å². The second kappa shape index (κ2) is 9.08. The Bertz CT molecular complexity index is 1330. The van der Waals surface area contributed by atoms with E-state index in [0.29, 0.717) is 19.3 Å². The number of hydrogen-bond acceptors (Lipinski definition) is 6. The molecule has 0 saturated heterocycles. The summed E-state index contributed by atoms with van der Waals surface area (Å²) in [5, 5.41) is 21.8. The van der Waals surface area contributed by atoms with Crippen LogP contribution in [0.1, 0.15) is 81.5 Å². The number of rotatable bonds is 6. The van der Waals surface area contributed by atoms with Gasteiger partial charge in [-0.25, -0.2) is 10.0 Å². The molecule has 40 heavy (non-hydrogen) atoms. The molecule has 1 N–H and O–H groups in total. The van der Waals surface area contributed by atoms with Gasteiger partial charge in [0.15, 0.2) is 0 Å². The molecule has 2 atom stereocenters. The Morgan fingerprint density at radius 2 is 1.20 bits per heavy atom. The van der Waals surface area contributed by atoms with E-state index in [2.05, 4.69) is 22.3 Å². The summed E-state index contributed by atoms with van der Waals surface area (Å²) in [5.41, 5.74) is 1.25. The standard InChI is InChI=1S/C17H20N2O2.C15H16N2O2/c1-2-21-17-10-16(11-17,12-17)15(20)19-14(8-9-18-19)13-6-4-3-5-7-13;18-13(14-8-15(19,9-14)10-14)17-12(6-7-16-17)11-4-2-1-3-5-11/h3-7,9,14H,2,8,10-12H2,1H3;1-5,7,12,19H,6,8-10H2. The fourth-order valence-corrected chi connectivity index (χ4v) is 7.95. The lowest BCUT2D eigenvalue weighted by Gasteiger charge is -2.68. The van der Waals surface area contributed by atoms with E-state index in [9.17, 15) is 14.7 Å². The first-order chi connectivity index (χ1) is 19.3. The quantitative estimate of drug-likeness (QED) is 0.571. The van der Waals surface area contributed by atoms with Crippen molar-refractivity contribution >= 4 is 24.2 Å². The zero-order chi connectivity index (χ0) is 27.6. The summed E-state index contributed by atoms with van der Waals surface area (Å²) >= 11 is 0. The monoisotopic (exact) mass is 540 g/mol. The first-order valence-corrected chi connectivity index (χ1v) is 14.5. The highest BCUT2D eigenvalue weighted by Gasteiger charge is 2.74. The molecule has 6 aliphatic carbocycles. The molecule has 2 aromatic carbocycles. The van der Waals surface area contributed by atoms with Crippen LogP contribution in [0.25, 0.3) is 0 Å². The van der Waals surface area contributed by atoms with Crippen LogP contribution in [0.2, 0.25) is 0 Å². The molecular weight excluding hydrogens is 504 g/mol. The summed E-state index contributed by atoms with van der Waals surface area (Å²) in [7, 11) is 0. The second-order valence-corrected chi connectivity index (χ2v) is 12.7. The number of hydrazone groups is 2. The molecular formula is C32H36N4O4. The lowest BCUT2D eigenvalue weighted by Crippen LogP contribution is -2.73. The van der Waals surface area contributed by atoms with Gasteiger partial charge >= 0.3 is 0 Å². The Morgan fingerprint density at radius 3 is 1.60 bits per heavy atom. The normalized spacial score (nSPS) is 37.5. The van der Waals surface area contributed by atoms with E-state index in [1.165, 1.54) is 0 Å². The van der Waals surface area contributed by atoms with Crippen LogP contribution in [0, 0.1) is 10.8 Å². The van der Waals surface area contributed by atoms with Gasteiger partial charge in [0.1, 0.15) is 0 Å². The minimum atomic E-state index is -0.540. The topological polar surface area (TPSA) is 94.8 Å². The molecule has 10 rings (SSSR count). The van der Waals surface area contributed by atoms with Crippen LogP contribution < -0.4 is 0 Å². The van der Waals surface area contributed by atoms with E-state index in [1.54, 1.807) is 10.0 Å². The van der Waals surface area contributed by atoms with E-state index >= 15 is 0 Å². The predicted molar refractivity (Wildman–Crippen MR) is 150 cm³/mol. The van der Waals surface area contributed by atoms with Gasteiger partial charge in [0.05, 0.1) is 34.1 Å². The molecule has 4 bridgehead atoms. The van der Waals surface area contributed by atoms with Gasteiger partial charge in [0.25, 0.3) is 0 Å². The molecule has 2 amide bonds. The summed E-state index contributed by atoms with van der Waals surface area (Å²) in [6.07, 6.45) is 9.74. The van der Waals surface area contributed by atoms with Gasteiger partial charge in [-0.1, -0.05) is 60.7 Å². The molecule has 0 aromatic heterocycles. The van der Waals surface area contributed by atoms with Crippen LogP contribution in [0.15, 0.2) is 70.9 Å². The Morgan fingerprint density at radius 1 is 0.775 bits per heavy atom. The average molecular weight is 541 g/mol. The van der Waals surface area contributed by atoms with E-state index in [1.807, 2.05) is 67.9 Å². The lowest BCUT2D eigenvalue weighted by molar-refractivity contribution is -0.277. The lowest BCUT2D eigenvalue weighted by atomic mass is 9.40. The van der Waals surface area contributed by atoms with Crippen molar-refractivity contribution in [3.8, 4) is 0 Å². The van der Waals surface area contributed by atoms with E-state index in [4.69, 9.17) is 4.74 Å². The average Bonchev–Trinajstić information content (AvgIpc) is 3.59. The van der Waals surface area contributed by atoms with Gasteiger partial charge in [0, 0.05) is 31.9 Å². The molecule has 2 unspecified atom stereocenters. The smallest absolute Gasteiger partial charge is 0.249 e. The third-order valence-electron chi connectivity index (χ3n) is 9.79. The molecule has 2 aromatic rings. The zero-order valence-electron chi connectivity index (χ0n) is 22.9. The largest absolute Gasteiger partial charge is 0.390 e. The summed E-state index contributed by atoms with van der Waals surface area (Å²) in [6, 6.07) is 20.3. The molecule has 2 heterocycles. The molecule has 8 aliphatic rings. The van der Waals surface area contributed by atoms with Crippen molar-refractivity contribution in [2.45, 2.75) is 81.6 Å². The number of ether oxygens (including phenoxy) is 1. The van der Waals surface area contributed by atoms with Crippen molar-refractivity contribution in [2.75, 3.05) is 6.61 Å². The zero-order valence-corrected chi connectivity index (χ0v) is 22.9. The summed E-state index contributed by atoms with van der Waals surface area (Å²) in [5.74, 6) is 0.276. The Kier molecular flexibility index (Phi) is 5.81. The van der Waals surface area contributed by atoms with Gasteiger partial charge in [0.2, 0.25) is 11.8 Å². The summed E-state index contributed by atoms with van der Waals surface area (Å²) in [6.45, 7) is 2.75. The molecule has 0 radical (unpaired) electrons. The van der Waals surface area contributed by atoms with Crippen LogP contribution in [0.5, 0.6) is 0 Å². The van der Waals surface area contributed by atoms with Crippen molar-refractivity contribution in [3.63, 3.8) is 0 Å². The number of aliphatic hydroxyl groups is 1. The Labute approximate surface area is 234 Å². The fourth-order valence-electron chi connectivity index (χ4n) is 7.95. The summed E-state index contributed by atoms with van der Waals surface area (Å²) in [4.78, 5) is 25.5. The summed E-state index contributed by atoms with van der Waals surface area (Å²) < 4.78 is 5.77. The van der Waals surface area contributed by atoms with Crippen LogP contribution in [-0.4, -0.2) is 57.2 Å². The van der Waals surface area contributed by atoms with Crippen molar-refractivity contribution < 1.29 is 19.4 Å². The number of carbonyl (C=O) groups is 2. The van der Waals surface area contributed by atoms with E-state index < -0.39 is 5.60 Å². The van der Waals surface area contributed by atoms with Gasteiger partial charge in [-0.2, -0.15) is 10.2 Å². The number of amides is 2. The Balaban J connectivity index is 0.000000133. The number of hydrogen-bond donors (Lipinski definition) is 1. The molecule has 8 nitrogen and oxygen atoms in total. The first kappa shape index (κ1) is 25.6. The fraction of sp³-hybridized carbons (Fsp3) is 0.500. The number of benzene rings is 2. The van der Waals surface area contributed by atoms with Crippen LogP contribution in [0.3, 0.4) is 0 Å². The predicted octanol–water partition coefficient (Wildman–Crippen LogP) is 4.77. The van der Waals surface area contributed by atoms with E-state index in [0.717, 1.165) is 49.8 Å². The minimum absolute atomic E-state index is 0.0100. The maximum absolute atomic E-state index is 12.9. The van der Waals surface area contributed by atoms with Gasteiger partial charge < -0.3 is 9.84 Å². The van der Waals surface area contributed by atoms with Crippen molar-refractivity contribution in [1.82, 2.24) is 10.0 Å². The van der Waals surface area contributed by atoms with Crippen LogP contribution in [-0.2, 0) is 14.3 Å². The van der Waals surface area contributed by atoms with Crippen LogP contribution >= 0.6 is 0 Å². The number of carbonyl (C=O) groups excluding carboxylic acids is 2. The highest BCUT2D eigenvalue weighted by Crippen LogP contribution is 2.70. The molecule has 2 aliphatic heterocycles. The van der Waals surface area contributed by atoms with Crippen LogP contribution in [0.4, 0.5) is 0 Å². The highest BCUT2D eigenvalue weighted by molar-refractivity contribution is 5.89. The van der Waals surface area contributed by atoms with Crippen molar-refractivity contribution in [2.24, 2.45) is 21.0 Å². The van der Waals surface area contributed by atoms with Gasteiger partial charge in [-0.3, -0.25) is 9.59 Å².